The van der Waals surface area contributed by atoms with Gasteiger partial charge in [0.15, 0.2) is 0 Å². The molecule has 1 nitrogen and oxygen atoms in total. The van der Waals surface area contributed by atoms with Crippen LogP contribution in [0.15, 0.2) is 16.5 Å². The molecular weight excluding hydrogens is 256 g/mol. The standard InChI is InChI=1S/C13H18O.C7H16/c1-2-10(3-1)8-12-6-7-13(14-12)9-11-4-5-11;1-3-5-7-6-4-2/h6-7,10-11H,1-5,8-9H2;3-7H2,1-2H3. The van der Waals surface area contributed by atoms with Gasteiger partial charge in [0, 0.05) is 12.8 Å². The van der Waals surface area contributed by atoms with Gasteiger partial charge >= 0.3 is 0 Å². The van der Waals surface area contributed by atoms with Crippen LogP contribution in [-0.4, -0.2) is 0 Å². The molecule has 1 aromatic rings. The van der Waals surface area contributed by atoms with E-state index in [1.807, 2.05) is 0 Å². The molecule has 0 spiro atoms. The third kappa shape index (κ3) is 6.72. The van der Waals surface area contributed by atoms with Gasteiger partial charge in [-0.25, -0.2) is 0 Å². The SMILES string of the molecule is CCCCCCC.c1cc(CC2CC2)oc1CC1CCC1. The topological polar surface area (TPSA) is 13.1 Å². The number of unbranched alkanes of at least 4 members (excludes halogenated alkanes) is 4. The molecular formula is C20H34O. The molecule has 3 rings (SSSR count). The fourth-order valence-corrected chi connectivity index (χ4v) is 2.91. The lowest BCUT2D eigenvalue weighted by Gasteiger charge is -2.23. The molecule has 2 aliphatic carbocycles. The Hall–Kier alpha value is -0.720. The van der Waals surface area contributed by atoms with E-state index in [4.69, 9.17) is 4.42 Å². The number of hydrogen-bond donors (Lipinski definition) is 0. The molecule has 21 heavy (non-hydrogen) atoms. The van der Waals surface area contributed by atoms with Gasteiger partial charge in [0.2, 0.25) is 0 Å². The zero-order valence-corrected chi connectivity index (χ0v) is 14.2. The lowest BCUT2D eigenvalue weighted by molar-refractivity contribution is 0.291. The summed E-state index contributed by atoms with van der Waals surface area (Å²) < 4.78 is 5.84. The quantitative estimate of drug-likeness (QED) is 0.495. The van der Waals surface area contributed by atoms with E-state index < -0.39 is 0 Å². The third-order valence-electron chi connectivity index (χ3n) is 4.83. The van der Waals surface area contributed by atoms with Crippen LogP contribution in [-0.2, 0) is 12.8 Å². The maximum Gasteiger partial charge on any atom is 0.104 e. The van der Waals surface area contributed by atoms with Gasteiger partial charge in [-0.3, -0.25) is 0 Å². The lowest BCUT2D eigenvalue weighted by Crippen LogP contribution is -2.13. The van der Waals surface area contributed by atoms with Gasteiger partial charge in [-0.2, -0.15) is 0 Å². The Morgan fingerprint density at radius 2 is 1.33 bits per heavy atom. The summed E-state index contributed by atoms with van der Waals surface area (Å²) in [6.45, 7) is 4.49. The average molecular weight is 290 g/mol. The molecule has 120 valence electrons. The van der Waals surface area contributed by atoms with Gasteiger partial charge in [-0.15, -0.1) is 0 Å². The molecule has 1 heteroatoms. The number of furan rings is 1. The summed E-state index contributed by atoms with van der Waals surface area (Å²) in [6, 6.07) is 4.38. The molecule has 0 saturated heterocycles. The van der Waals surface area contributed by atoms with E-state index in [1.54, 1.807) is 0 Å². The van der Waals surface area contributed by atoms with Crippen molar-refractivity contribution in [3.8, 4) is 0 Å². The van der Waals surface area contributed by atoms with Gasteiger partial charge in [0.05, 0.1) is 0 Å². The highest BCUT2D eigenvalue weighted by atomic mass is 16.3. The first-order chi connectivity index (χ1) is 10.3. The van der Waals surface area contributed by atoms with Gasteiger partial charge < -0.3 is 4.42 Å². The molecule has 0 unspecified atom stereocenters. The molecule has 2 saturated carbocycles. The van der Waals surface area contributed by atoms with E-state index in [0.29, 0.717) is 0 Å². The Morgan fingerprint density at radius 3 is 1.71 bits per heavy atom. The van der Waals surface area contributed by atoms with E-state index in [-0.39, 0.29) is 0 Å². The first-order valence-corrected chi connectivity index (χ1v) is 9.39. The number of hydrogen-bond acceptors (Lipinski definition) is 1. The summed E-state index contributed by atoms with van der Waals surface area (Å²) in [5.74, 6) is 4.32. The van der Waals surface area contributed by atoms with E-state index in [9.17, 15) is 0 Å². The Balaban J connectivity index is 0.000000199. The molecule has 0 aromatic carbocycles. The van der Waals surface area contributed by atoms with Gasteiger partial charge in [0.1, 0.15) is 11.5 Å². The summed E-state index contributed by atoms with van der Waals surface area (Å²) >= 11 is 0. The molecule has 0 amide bonds. The minimum atomic E-state index is 0.926. The zero-order valence-electron chi connectivity index (χ0n) is 14.2. The van der Waals surface area contributed by atoms with Gasteiger partial charge in [-0.1, -0.05) is 65.2 Å². The maximum atomic E-state index is 5.84. The van der Waals surface area contributed by atoms with Gasteiger partial charge in [-0.05, 0) is 36.8 Å². The highest BCUT2D eigenvalue weighted by Crippen LogP contribution is 2.34. The minimum Gasteiger partial charge on any atom is -0.466 e. The summed E-state index contributed by atoms with van der Waals surface area (Å²) in [4.78, 5) is 0. The largest absolute Gasteiger partial charge is 0.466 e. The molecule has 0 radical (unpaired) electrons. The summed E-state index contributed by atoms with van der Waals surface area (Å²) in [7, 11) is 0. The highest BCUT2D eigenvalue weighted by molar-refractivity contribution is 5.09. The maximum absolute atomic E-state index is 5.84. The average Bonchev–Trinajstić information content (AvgIpc) is 3.13. The smallest absolute Gasteiger partial charge is 0.104 e. The van der Waals surface area contributed by atoms with Crippen LogP contribution in [0, 0.1) is 11.8 Å². The molecule has 0 aliphatic heterocycles. The van der Waals surface area contributed by atoms with E-state index in [1.165, 1.54) is 88.6 Å². The van der Waals surface area contributed by atoms with Crippen LogP contribution < -0.4 is 0 Å². The predicted octanol–water partition coefficient (Wildman–Crippen LogP) is 6.55. The zero-order chi connectivity index (χ0) is 14.9. The predicted molar refractivity (Wildman–Crippen MR) is 90.6 cm³/mol. The molecule has 2 aliphatic rings. The van der Waals surface area contributed by atoms with E-state index >= 15 is 0 Å². The summed E-state index contributed by atoms with van der Waals surface area (Å²) in [5, 5.41) is 0. The van der Waals surface area contributed by atoms with Crippen molar-refractivity contribution in [3.63, 3.8) is 0 Å². The Morgan fingerprint density at radius 1 is 0.810 bits per heavy atom. The second kappa shape index (κ2) is 9.33. The monoisotopic (exact) mass is 290 g/mol. The fourth-order valence-electron chi connectivity index (χ4n) is 2.91. The van der Waals surface area contributed by atoms with Crippen LogP contribution in [0.5, 0.6) is 0 Å². The van der Waals surface area contributed by atoms with E-state index in [2.05, 4.69) is 26.0 Å². The van der Waals surface area contributed by atoms with Crippen LogP contribution in [0.4, 0.5) is 0 Å². The molecule has 1 heterocycles. The van der Waals surface area contributed by atoms with E-state index in [0.717, 1.165) is 11.8 Å². The summed E-state index contributed by atoms with van der Waals surface area (Å²) in [6.07, 6.45) is 16.5. The molecule has 0 atom stereocenters. The first-order valence-electron chi connectivity index (χ1n) is 9.39. The van der Waals surface area contributed by atoms with Crippen molar-refractivity contribution < 1.29 is 4.42 Å². The van der Waals surface area contributed by atoms with Crippen LogP contribution >= 0.6 is 0 Å². The highest BCUT2D eigenvalue weighted by Gasteiger charge is 2.24. The van der Waals surface area contributed by atoms with Crippen molar-refractivity contribution in [2.45, 2.75) is 90.9 Å². The fraction of sp³-hybridized carbons (Fsp3) is 0.800. The van der Waals surface area contributed by atoms with Crippen LogP contribution in [0.2, 0.25) is 0 Å². The van der Waals surface area contributed by atoms with Crippen molar-refractivity contribution in [2.24, 2.45) is 11.8 Å². The molecule has 2 fully saturated rings. The second-order valence-corrected chi connectivity index (χ2v) is 7.08. The normalized spacial score (nSPS) is 18.0. The molecule has 0 N–H and O–H groups in total. The van der Waals surface area contributed by atoms with Gasteiger partial charge in [0.25, 0.3) is 0 Å². The van der Waals surface area contributed by atoms with Crippen LogP contribution in [0.1, 0.15) is 89.6 Å². The first kappa shape index (κ1) is 16.6. The van der Waals surface area contributed by atoms with Crippen molar-refractivity contribution in [1.29, 1.82) is 0 Å². The lowest BCUT2D eigenvalue weighted by atomic mass is 9.82. The van der Waals surface area contributed by atoms with Crippen LogP contribution in [0.3, 0.4) is 0 Å². The molecule has 0 bridgehead atoms. The minimum absolute atomic E-state index is 0.926. The van der Waals surface area contributed by atoms with Crippen molar-refractivity contribution in [1.82, 2.24) is 0 Å². The molecule has 1 aromatic heterocycles. The van der Waals surface area contributed by atoms with Crippen molar-refractivity contribution >= 4 is 0 Å². The van der Waals surface area contributed by atoms with Crippen LogP contribution in [0.25, 0.3) is 0 Å². The van der Waals surface area contributed by atoms with Crippen molar-refractivity contribution in [3.05, 3.63) is 23.7 Å². The second-order valence-electron chi connectivity index (χ2n) is 7.08. The Labute approximate surface area is 131 Å². The Kier molecular flexibility index (Phi) is 7.39. The number of rotatable bonds is 8. The Bertz CT molecular complexity index is 367. The van der Waals surface area contributed by atoms with Crippen molar-refractivity contribution in [2.75, 3.05) is 0 Å². The summed E-state index contributed by atoms with van der Waals surface area (Å²) in [5.41, 5.74) is 0. The third-order valence-corrected chi connectivity index (χ3v) is 4.83.